The van der Waals surface area contributed by atoms with Crippen molar-refractivity contribution in [3.63, 3.8) is 0 Å². The highest BCUT2D eigenvalue weighted by molar-refractivity contribution is 6.31. The molecule has 0 bridgehead atoms. The van der Waals surface area contributed by atoms with Gasteiger partial charge in [-0.3, -0.25) is 0 Å². The van der Waals surface area contributed by atoms with Crippen molar-refractivity contribution in [3.05, 3.63) is 46.1 Å². The Hall–Kier alpha value is -2.01. The molecule has 0 atom stereocenters. The van der Waals surface area contributed by atoms with Crippen molar-refractivity contribution in [2.45, 2.75) is 20.0 Å². The number of aromatic carboxylic acids is 1. The third-order valence-corrected chi connectivity index (χ3v) is 3.88. The molecule has 0 fully saturated rings. The van der Waals surface area contributed by atoms with Gasteiger partial charge in [0.2, 0.25) is 0 Å². The predicted octanol–water partition coefficient (Wildman–Crippen LogP) is 2.56. The lowest BCUT2D eigenvalue weighted by Crippen LogP contribution is -2.22. The third-order valence-electron chi connectivity index (χ3n) is 3.51. The van der Waals surface area contributed by atoms with E-state index >= 15 is 0 Å². The normalized spacial score (nSPS) is 13.6. The Morgan fingerprint density at radius 3 is 2.85 bits per heavy atom. The summed E-state index contributed by atoms with van der Waals surface area (Å²) in [6.07, 6.45) is 0. The summed E-state index contributed by atoms with van der Waals surface area (Å²) in [6, 6.07) is 7.60. The number of hydrogen-bond donors (Lipinski definition) is 1. The SMILES string of the molecule is Cc1nn2c(c1C(=O)O)N(Cc1ccccc1Cl)CC2. The van der Waals surface area contributed by atoms with E-state index in [-0.39, 0.29) is 5.56 Å². The van der Waals surface area contributed by atoms with E-state index in [0.29, 0.717) is 29.6 Å². The maximum atomic E-state index is 11.4. The number of fused-ring (bicyclic) bond motifs is 1. The number of anilines is 1. The van der Waals surface area contributed by atoms with Crippen LogP contribution in [0.5, 0.6) is 0 Å². The van der Waals surface area contributed by atoms with Gasteiger partial charge in [-0.05, 0) is 18.6 Å². The molecule has 104 valence electrons. The van der Waals surface area contributed by atoms with Crippen molar-refractivity contribution in [1.82, 2.24) is 9.78 Å². The summed E-state index contributed by atoms with van der Waals surface area (Å²) in [5.74, 6) is -0.260. The average Bonchev–Trinajstić information content (AvgIpc) is 2.91. The molecule has 0 amide bonds. The number of nitrogens with zero attached hydrogens (tertiary/aromatic N) is 3. The fourth-order valence-corrected chi connectivity index (χ4v) is 2.80. The molecule has 5 nitrogen and oxygen atoms in total. The summed E-state index contributed by atoms with van der Waals surface area (Å²) < 4.78 is 1.76. The van der Waals surface area contributed by atoms with Crippen molar-refractivity contribution < 1.29 is 9.90 Å². The molecule has 20 heavy (non-hydrogen) atoms. The van der Waals surface area contributed by atoms with Crippen LogP contribution in [0.1, 0.15) is 21.6 Å². The highest BCUT2D eigenvalue weighted by Gasteiger charge is 2.30. The molecule has 1 aromatic carbocycles. The quantitative estimate of drug-likeness (QED) is 0.944. The molecule has 0 saturated heterocycles. The Morgan fingerprint density at radius 1 is 1.40 bits per heavy atom. The van der Waals surface area contributed by atoms with Gasteiger partial charge in [0.1, 0.15) is 11.4 Å². The molecule has 1 aromatic heterocycles. The standard InChI is InChI=1S/C14H14ClN3O2/c1-9-12(14(19)20)13-17(6-7-18(13)16-9)8-10-4-2-3-5-11(10)15/h2-5H,6-8H2,1H3,(H,19,20). The van der Waals surface area contributed by atoms with Crippen molar-refractivity contribution in [3.8, 4) is 0 Å². The zero-order valence-electron chi connectivity index (χ0n) is 11.0. The van der Waals surface area contributed by atoms with Crippen LogP contribution in [-0.4, -0.2) is 27.4 Å². The fourth-order valence-electron chi connectivity index (χ4n) is 2.60. The van der Waals surface area contributed by atoms with Crippen LogP contribution in [0.2, 0.25) is 5.02 Å². The van der Waals surface area contributed by atoms with Crippen molar-refractivity contribution in [1.29, 1.82) is 0 Å². The molecule has 1 aliphatic heterocycles. The van der Waals surface area contributed by atoms with Gasteiger partial charge in [0.15, 0.2) is 0 Å². The Bertz CT molecular complexity index is 681. The smallest absolute Gasteiger partial charge is 0.341 e. The number of aromatic nitrogens is 2. The average molecular weight is 292 g/mol. The molecule has 0 spiro atoms. The van der Waals surface area contributed by atoms with Crippen LogP contribution >= 0.6 is 11.6 Å². The first kappa shape index (κ1) is 13.0. The van der Waals surface area contributed by atoms with Crippen LogP contribution in [0, 0.1) is 6.92 Å². The molecular weight excluding hydrogens is 278 g/mol. The highest BCUT2D eigenvalue weighted by Crippen LogP contribution is 2.30. The molecule has 0 radical (unpaired) electrons. The lowest BCUT2D eigenvalue weighted by atomic mass is 10.2. The molecule has 2 aromatic rings. The number of carbonyl (C=O) groups is 1. The molecule has 6 heteroatoms. The molecule has 1 aliphatic rings. The van der Waals surface area contributed by atoms with Gasteiger partial charge in [0.25, 0.3) is 0 Å². The summed E-state index contributed by atoms with van der Waals surface area (Å²) >= 11 is 6.17. The molecule has 0 saturated carbocycles. The van der Waals surface area contributed by atoms with E-state index in [4.69, 9.17) is 11.6 Å². The van der Waals surface area contributed by atoms with Gasteiger partial charge >= 0.3 is 5.97 Å². The largest absolute Gasteiger partial charge is 0.477 e. The van der Waals surface area contributed by atoms with Gasteiger partial charge in [-0.1, -0.05) is 29.8 Å². The van der Waals surface area contributed by atoms with Crippen molar-refractivity contribution in [2.75, 3.05) is 11.4 Å². The number of carboxylic acid groups (broad SMARTS) is 1. The van der Waals surface area contributed by atoms with Crippen molar-refractivity contribution >= 4 is 23.4 Å². The first-order valence-electron chi connectivity index (χ1n) is 6.37. The van der Waals surface area contributed by atoms with E-state index in [1.807, 2.05) is 29.2 Å². The van der Waals surface area contributed by atoms with E-state index in [2.05, 4.69) is 5.10 Å². The van der Waals surface area contributed by atoms with E-state index < -0.39 is 5.97 Å². The van der Waals surface area contributed by atoms with Crippen LogP contribution in [0.15, 0.2) is 24.3 Å². The third kappa shape index (κ3) is 2.04. The van der Waals surface area contributed by atoms with Crippen LogP contribution in [0.3, 0.4) is 0 Å². The van der Waals surface area contributed by atoms with E-state index in [9.17, 15) is 9.90 Å². The highest BCUT2D eigenvalue weighted by atomic mass is 35.5. The number of carboxylic acids is 1. The molecule has 3 rings (SSSR count). The zero-order valence-corrected chi connectivity index (χ0v) is 11.8. The van der Waals surface area contributed by atoms with Gasteiger partial charge in [-0.15, -0.1) is 0 Å². The van der Waals surface area contributed by atoms with E-state index in [1.165, 1.54) is 0 Å². The molecule has 2 heterocycles. The van der Waals surface area contributed by atoms with Crippen LogP contribution in [0.4, 0.5) is 5.82 Å². The molecular formula is C14H14ClN3O2. The Morgan fingerprint density at radius 2 is 2.15 bits per heavy atom. The summed E-state index contributed by atoms with van der Waals surface area (Å²) in [7, 11) is 0. The van der Waals surface area contributed by atoms with Gasteiger partial charge < -0.3 is 10.0 Å². The number of hydrogen-bond acceptors (Lipinski definition) is 3. The van der Waals surface area contributed by atoms with E-state index in [0.717, 1.165) is 12.1 Å². The van der Waals surface area contributed by atoms with Crippen molar-refractivity contribution in [2.24, 2.45) is 0 Å². The zero-order chi connectivity index (χ0) is 14.3. The predicted molar refractivity (Wildman–Crippen MR) is 76.4 cm³/mol. The van der Waals surface area contributed by atoms with Crippen LogP contribution in [-0.2, 0) is 13.1 Å². The second kappa shape index (κ2) is 4.83. The Labute approximate surface area is 121 Å². The first-order chi connectivity index (χ1) is 9.58. The second-order valence-corrected chi connectivity index (χ2v) is 5.23. The lowest BCUT2D eigenvalue weighted by Gasteiger charge is -2.18. The Kier molecular flexibility index (Phi) is 3.14. The topological polar surface area (TPSA) is 58.4 Å². The Balaban J connectivity index is 1.97. The summed E-state index contributed by atoms with van der Waals surface area (Å²) in [5.41, 5.74) is 1.82. The number of benzene rings is 1. The molecule has 0 unspecified atom stereocenters. The molecule has 1 N–H and O–H groups in total. The maximum Gasteiger partial charge on any atom is 0.341 e. The minimum Gasteiger partial charge on any atom is -0.477 e. The number of rotatable bonds is 3. The maximum absolute atomic E-state index is 11.4. The van der Waals surface area contributed by atoms with Crippen LogP contribution in [0.25, 0.3) is 0 Å². The first-order valence-corrected chi connectivity index (χ1v) is 6.75. The van der Waals surface area contributed by atoms with Crippen LogP contribution < -0.4 is 4.90 Å². The number of aryl methyl sites for hydroxylation is 1. The van der Waals surface area contributed by atoms with E-state index in [1.54, 1.807) is 11.6 Å². The second-order valence-electron chi connectivity index (χ2n) is 4.83. The van der Waals surface area contributed by atoms with Gasteiger partial charge in [0, 0.05) is 18.1 Å². The number of halogens is 1. The van der Waals surface area contributed by atoms with Gasteiger partial charge in [-0.2, -0.15) is 5.10 Å². The minimum atomic E-state index is -0.935. The lowest BCUT2D eigenvalue weighted by molar-refractivity contribution is 0.0697. The summed E-state index contributed by atoms with van der Waals surface area (Å²) in [5, 5.41) is 14.3. The monoisotopic (exact) mass is 291 g/mol. The molecule has 0 aliphatic carbocycles. The minimum absolute atomic E-state index is 0.287. The fraction of sp³-hybridized carbons (Fsp3) is 0.286. The summed E-state index contributed by atoms with van der Waals surface area (Å²) in [6.45, 7) is 3.76. The van der Waals surface area contributed by atoms with Gasteiger partial charge in [0.05, 0.1) is 12.2 Å². The summed E-state index contributed by atoms with van der Waals surface area (Å²) in [4.78, 5) is 13.4. The van der Waals surface area contributed by atoms with Gasteiger partial charge in [-0.25, -0.2) is 9.48 Å².